The Bertz CT molecular complexity index is 816. The number of aromatic nitrogens is 2. The summed E-state index contributed by atoms with van der Waals surface area (Å²) < 4.78 is 1.83. The first-order valence-electron chi connectivity index (χ1n) is 7.51. The van der Waals surface area contributed by atoms with Gasteiger partial charge in [-0.05, 0) is 32.0 Å². The maximum absolute atomic E-state index is 12.3. The van der Waals surface area contributed by atoms with Crippen LogP contribution in [0.2, 0.25) is 10.0 Å². The largest absolute Gasteiger partial charge is 0.382 e. The summed E-state index contributed by atoms with van der Waals surface area (Å²) in [6.07, 6.45) is 1.62. The molecule has 0 saturated heterocycles. The van der Waals surface area contributed by atoms with Crippen LogP contribution in [0, 0.1) is 6.92 Å². The van der Waals surface area contributed by atoms with Crippen molar-refractivity contribution in [3.8, 4) is 0 Å². The fraction of sp³-hybridized carbons (Fsp3) is 0.312. The van der Waals surface area contributed by atoms with E-state index in [-0.39, 0.29) is 5.91 Å². The van der Waals surface area contributed by atoms with E-state index in [2.05, 4.69) is 15.6 Å². The smallest absolute Gasteiger partial charge is 0.268 e. The van der Waals surface area contributed by atoms with Crippen molar-refractivity contribution < 1.29 is 9.63 Å². The molecule has 8 heteroatoms. The van der Waals surface area contributed by atoms with Crippen molar-refractivity contribution in [3.63, 3.8) is 0 Å². The maximum Gasteiger partial charge on any atom is 0.268 e. The van der Waals surface area contributed by atoms with E-state index in [0.29, 0.717) is 22.2 Å². The number of halogens is 2. The molecule has 0 bridgehead atoms. The van der Waals surface area contributed by atoms with Gasteiger partial charge in [0.05, 0.1) is 21.5 Å². The van der Waals surface area contributed by atoms with E-state index >= 15 is 0 Å². The van der Waals surface area contributed by atoms with Crippen molar-refractivity contribution in [1.29, 1.82) is 0 Å². The van der Waals surface area contributed by atoms with Crippen molar-refractivity contribution >= 4 is 40.5 Å². The van der Waals surface area contributed by atoms with Crippen molar-refractivity contribution in [2.24, 2.45) is 5.16 Å². The molecular formula is C16H16Cl2N4O2. The molecule has 1 aromatic carbocycles. The van der Waals surface area contributed by atoms with Gasteiger partial charge in [0.25, 0.3) is 5.91 Å². The van der Waals surface area contributed by atoms with Gasteiger partial charge in [0, 0.05) is 30.4 Å². The van der Waals surface area contributed by atoms with Gasteiger partial charge in [-0.15, -0.1) is 0 Å². The zero-order chi connectivity index (χ0) is 17.3. The van der Waals surface area contributed by atoms with Gasteiger partial charge in [-0.2, -0.15) is 5.10 Å². The predicted molar refractivity (Wildman–Crippen MR) is 93.8 cm³/mol. The first kappa shape index (κ1) is 16.8. The van der Waals surface area contributed by atoms with Gasteiger partial charge in [0.2, 0.25) is 6.10 Å². The molecule has 6 nitrogen and oxygen atoms in total. The second-order valence-electron chi connectivity index (χ2n) is 5.44. The summed E-state index contributed by atoms with van der Waals surface area (Å²) in [5.41, 5.74) is 3.05. The highest BCUT2D eigenvalue weighted by Gasteiger charge is 2.30. The minimum Gasteiger partial charge on any atom is -0.382 e. The lowest BCUT2D eigenvalue weighted by atomic mass is 10.1. The van der Waals surface area contributed by atoms with Crippen LogP contribution in [0.1, 0.15) is 24.6 Å². The van der Waals surface area contributed by atoms with Crippen LogP contribution in [0.3, 0.4) is 0 Å². The number of anilines is 1. The first-order chi connectivity index (χ1) is 11.5. The molecule has 1 aliphatic heterocycles. The van der Waals surface area contributed by atoms with Crippen LogP contribution in [-0.4, -0.2) is 27.5 Å². The molecule has 1 unspecified atom stereocenters. The maximum atomic E-state index is 12.3. The Morgan fingerprint density at radius 2 is 2.21 bits per heavy atom. The number of nitrogens with one attached hydrogen (secondary N) is 1. The first-order valence-corrected chi connectivity index (χ1v) is 8.26. The van der Waals surface area contributed by atoms with Crippen LogP contribution in [0.5, 0.6) is 0 Å². The van der Waals surface area contributed by atoms with Gasteiger partial charge >= 0.3 is 0 Å². The molecule has 2 aromatic rings. The van der Waals surface area contributed by atoms with E-state index in [1.165, 1.54) is 0 Å². The number of carbonyl (C=O) groups is 1. The lowest BCUT2D eigenvalue weighted by Gasteiger charge is -2.10. The van der Waals surface area contributed by atoms with Crippen molar-refractivity contribution in [2.45, 2.75) is 32.9 Å². The van der Waals surface area contributed by atoms with E-state index in [9.17, 15) is 4.79 Å². The molecule has 0 radical (unpaired) electrons. The number of nitrogens with zero attached hydrogens (tertiary/aromatic N) is 3. The van der Waals surface area contributed by atoms with E-state index in [0.717, 1.165) is 23.5 Å². The molecule has 1 aromatic heterocycles. The van der Waals surface area contributed by atoms with Gasteiger partial charge in [0.1, 0.15) is 0 Å². The number of hydrogen-bond donors (Lipinski definition) is 1. The van der Waals surface area contributed by atoms with Crippen molar-refractivity contribution in [2.75, 3.05) is 5.32 Å². The minimum atomic E-state index is -0.682. The van der Waals surface area contributed by atoms with E-state index in [1.807, 2.05) is 24.7 Å². The third kappa shape index (κ3) is 3.39. The summed E-state index contributed by atoms with van der Waals surface area (Å²) in [5.74, 6) is -0.285. The fourth-order valence-electron chi connectivity index (χ4n) is 2.44. The third-order valence-corrected chi connectivity index (χ3v) is 4.47. The molecule has 0 fully saturated rings. The number of benzene rings is 1. The molecule has 0 aliphatic carbocycles. The van der Waals surface area contributed by atoms with Gasteiger partial charge in [-0.25, -0.2) is 0 Å². The quantitative estimate of drug-likeness (QED) is 0.897. The zero-order valence-corrected chi connectivity index (χ0v) is 14.7. The number of hydrogen-bond acceptors (Lipinski definition) is 4. The van der Waals surface area contributed by atoms with E-state index in [1.54, 1.807) is 18.2 Å². The molecule has 1 N–H and O–H groups in total. The topological polar surface area (TPSA) is 68.5 Å². The summed E-state index contributed by atoms with van der Waals surface area (Å²) in [4.78, 5) is 17.6. The van der Waals surface area contributed by atoms with Gasteiger partial charge in [-0.3, -0.25) is 9.48 Å². The number of aryl methyl sites for hydroxylation is 2. The average molecular weight is 367 g/mol. The average Bonchev–Trinajstić information content (AvgIpc) is 3.17. The summed E-state index contributed by atoms with van der Waals surface area (Å²) >= 11 is 11.8. The third-order valence-electron chi connectivity index (χ3n) is 3.73. The van der Waals surface area contributed by atoms with Crippen molar-refractivity contribution in [1.82, 2.24) is 9.78 Å². The summed E-state index contributed by atoms with van der Waals surface area (Å²) in [7, 11) is 0. The van der Waals surface area contributed by atoms with Gasteiger partial charge in [0.15, 0.2) is 0 Å². The number of oxime groups is 1. The van der Waals surface area contributed by atoms with E-state index in [4.69, 9.17) is 28.0 Å². The number of amides is 1. The summed E-state index contributed by atoms with van der Waals surface area (Å²) in [6, 6.07) is 4.89. The van der Waals surface area contributed by atoms with Crippen LogP contribution >= 0.6 is 23.2 Å². The highest BCUT2D eigenvalue weighted by molar-refractivity contribution is 6.42. The molecule has 126 valence electrons. The number of carbonyl (C=O) groups excluding carboxylic acids is 1. The van der Waals surface area contributed by atoms with Crippen LogP contribution in [0.4, 0.5) is 5.69 Å². The SMILES string of the molecule is CCn1cc(C2=NOC(C(=O)Nc3ccc(Cl)c(Cl)c3)C2)c(C)n1. The Kier molecular flexibility index (Phi) is 4.78. The van der Waals surface area contributed by atoms with E-state index < -0.39 is 6.10 Å². The zero-order valence-electron chi connectivity index (χ0n) is 13.2. The van der Waals surface area contributed by atoms with Crippen LogP contribution in [0.25, 0.3) is 0 Å². The van der Waals surface area contributed by atoms with Crippen LogP contribution in [-0.2, 0) is 16.2 Å². The number of rotatable bonds is 4. The molecule has 24 heavy (non-hydrogen) atoms. The van der Waals surface area contributed by atoms with Gasteiger partial charge < -0.3 is 10.2 Å². The monoisotopic (exact) mass is 366 g/mol. The summed E-state index contributed by atoms with van der Waals surface area (Å²) in [5, 5.41) is 12.0. The highest BCUT2D eigenvalue weighted by Crippen LogP contribution is 2.26. The molecule has 1 amide bonds. The molecule has 0 saturated carbocycles. The molecule has 0 spiro atoms. The Morgan fingerprint density at radius 1 is 1.42 bits per heavy atom. The lowest BCUT2D eigenvalue weighted by molar-refractivity contribution is -0.125. The molecule has 1 atom stereocenters. The second-order valence-corrected chi connectivity index (χ2v) is 6.25. The Labute approximate surface area is 149 Å². The highest BCUT2D eigenvalue weighted by atomic mass is 35.5. The lowest BCUT2D eigenvalue weighted by Crippen LogP contribution is -2.28. The predicted octanol–water partition coefficient (Wildman–Crippen LogP) is 3.65. The molecular weight excluding hydrogens is 351 g/mol. The molecule has 1 aliphatic rings. The van der Waals surface area contributed by atoms with Gasteiger partial charge in [-0.1, -0.05) is 28.4 Å². The second kappa shape index (κ2) is 6.83. The Hall–Kier alpha value is -2.05. The van der Waals surface area contributed by atoms with Crippen LogP contribution in [0.15, 0.2) is 29.6 Å². The Morgan fingerprint density at radius 3 is 2.88 bits per heavy atom. The Balaban J connectivity index is 1.66. The molecule has 3 rings (SSSR count). The van der Waals surface area contributed by atoms with Crippen LogP contribution < -0.4 is 5.32 Å². The fourth-order valence-corrected chi connectivity index (χ4v) is 2.73. The van der Waals surface area contributed by atoms with Crippen molar-refractivity contribution in [3.05, 3.63) is 45.7 Å². The minimum absolute atomic E-state index is 0.285. The summed E-state index contributed by atoms with van der Waals surface area (Å²) in [6.45, 7) is 4.69. The standard InChI is InChI=1S/C16H16Cl2N4O2/c1-3-22-8-11(9(2)20-22)14-7-15(24-21-14)16(23)19-10-4-5-12(17)13(18)6-10/h4-6,8,15H,3,7H2,1-2H3,(H,19,23). The normalized spacial score (nSPS) is 16.7. The molecule has 2 heterocycles.